The smallest absolute Gasteiger partial charge is 0.311 e. The van der Waals surface area contributed by atoms with Crippen molar-refractivity contribution in [3.05, 3.63) is 32.9 Å². The van der Waals surface area contributed by atoms with Crippen molar-refractivity contribution in [2.45, 2.75) is 0 Å². The van der Waals surface area contributed by atoms with Crippen LogP contribution in [0.1, 0.15) is 0 Å². The molecule has 1 aromatic rings. The molecule has 0 atom stereocenters. The topological polar surface area (TPSA) is 106 Å². The Kier molecular flexibility index (Phi) is 3.78. The van der Waals surface area contributed by atoms with Crippen LogP contribution in [-0.4, -0.2) is 20.5 Å². The summed E-state index contributed by atoms with van der Waals surface area (Å²) in [6.07, 6.45) is 0.709. The number of nitrogens with one attached hydrogen (secondary N) is 2. The van der Waals surface area contributed by atoms with Gasteiger partial charge in [0.25, 0.3) is 5.56 Å². The van der Waals surface area contributed by atoms with Crippen molar-refractivity contribution in [2.75, 3.05) is 0 Å². The first-order valence-electron chi connectivity index (χ1n) is 2.37. The minimum atomic E-state index is -1.00. The first-order chi connectivity index (χ1) is 5.20. The van der Waals surface area contributed by atoms with Gasteiger partial charge in [-0.15, -0.1) is 0 Å². The molecule has 7 heteroatoms. The van der Waals surface area contributed by atoms with Crippen LogP contribution in [0.4, 0.5) is 4.39 Å². The largest absolute Gasteiger partial charge is 0.325 e. The van der Waals surface area contributed by atoms with Crippen molar-refractivity contribution in [2.24, 2.45) is 0 Å². The predicted octanol–water partition coefficient (Wildman–Crippen LogP) is -0.780. The molecule has 0 aliphatic rings. The highest BCUT2D eigenvalue weighted by Crippen LogP contribution is 1.74. The molecule has 0 spiro atoms. The maximum Gasteiger partial charge on any atom is 0.325 e. The third-order valence-electron chi connectivity index (χ3n) is 0.774. The highest BCUT2D eigenvalue weighted by Gasteiger charge is 1.93. The molecule has 4 N–H and O–H groups in total. The molecular formula is C4H5FN2O4. The fourth-order valence-corrected chi connectivity index (χ4v) is 0.393. The minimum Gasteiger partial charge on any atom is -0.311 e. The zero-order valence-corrected chi connectivity index (χ0v) is 5.17. The molecule has 0 saturated heterocycles. The van der Waals surface area contributed by atoms with Gasteiger partial charge in [0.2, 0.25) is 5.82 Å². The van der Waals surface area contributed by atoms with Crippen LogP contribution in [0.3, 0.4) is 0 Å². The fourth-order valence-electron chi connectivity index (χ4n) is 0.393. The third kappa shape index (κ3) is 2.74. The van der Waals surface area contributed by atoms with E-state index >= 15 is 0 Å². The second kappa shape index (κ2) is 4.36. The van der Waals surface area contributed by atoms with Crippen molar-refractivity contribution >= 4 is 0 Å². The van der Waals surface area contributed by atoms with E-state index < -0.39 is 17.1 Å². The number of rotatable bonds is 0. The Labute approximate surface area is 58.9 Å². The molecule has 0 saturated carbocycles. The molecule has 0 bridgehead atoms. The average molecular weight is 164 g/mol. The molecule has 6 nitrogen and oxygen atoms in total. The molecule has 0 aliphatic heterocycles. The maximum atomic E-state index is 12.0. The third-order valence-corrected chi connectivity index (χ3v) is 0.774. The Morgan fingerprint density at radius 1 is 1.36 bits per heavy atom. The quantitative estimate of drug-likeness (QED) is 0.298. The van der Waals surface area contributed by atoms with Crippen LogP contribution in [0.25, 0.3) is 0 Å². The molecule has 1 rings (SSSR count). The summed E-state index contributed by atoms with van der Waals surface area (Å²) in [4.78, 5) is 24.0. The van der Waals surface area contributed by atoms with E-state index in [1.807, 2.05) is 4.98 Å². The van der Waals surface area contributed by atoms with Crippen LogP contribution in [0.15, 0.2) is 15.8 Å². The predicted molar refractivity (Wildman–Crippen MR) is 32.9 cm³/mol. The van der Waals surface area contributed by atoms with E-state index in [1.165, 1.54) is 0 Å². The van der Waals surface area contributed by atoms with Crippen molar-refractivity contribution in [3.8, 4) is 0 Å². The summed E-state index contributed by atoms with van der Waals surface area (Å²) in [5.41, 5.74) is -1.71. The lowest BCUT2D eigenvalue weighted by molar-refractivity contribution is -0.176. The number of hydrogen-bond donors (Lipinski definition) is 4. The van der Waals surface area contributed by atoms with E-state index in [1.54, 1.807) is 4.98 Å². The summed E-state index contributed by atoms with van der Waals surface area (Å²) in [6.45, 7) is 0. The monoisotopic (exact) mass is 164 g/mol. The van der Waals surface area contributed by atoms with E-state index in [9.17, 15) is 14.0 Å². The van der Waals surface area contributed by atoms with Gasteiger partial charge in [-0.1, -0.05) is 0 Å². The number of halogens is 1. The van der Waals surface area contributed by atoms with Crippen LogP contribution in [0.5, 0.6) is 0 Å². The second-order valence-corrected chi connectivity index (χ2v) is 1.42. The number of hydrogen-bond acceptors (Lipinski definition) is 4. The molecule has 0 amide bonds. The van der Waals surface area contributed by atoms with Crippen LogP contribution in [-0.2, 0) is 0 Å². The second-order valence-electron chi connectivity index (χ2n) is 1.42. The summed E-state index contributed by atoms with van der Waals surface area (Å²) < 4.78 is 12.0. The highest BCUT2D eigenvalue weighted by molar-refractivity contribution is 4.83. The number of aromatic nitrogens is 2. The summed E-state index contributed by atoms with van der Waals surface area (Å²) in [6, 6.07) is 0. The molecule has 1 aromatic heterocycles. The standard InChI is InChI=1S/C4H3FN2O2.H2O2/c5-2-1-6-4(9)7-3(2)8;1-2/h1H,(H2,6,7,8,9);1-2H. The van der Waals surface area contributed by atoms with Gasteiger partial charge in [-0.3, -0.25) is 20.3 Å². The molecule has 0 unspecified atom stereocenters. The van der Waals surface area contributed by atoms with Crippen molar-refractivity contribution in [1.29, 1.82) is 0 Å². The molecule has 0 fully saturated rings. The van der Waals surface area contributed by atoms with Gasteiger partial charge in [-0.2, -0.15) is 4.39 Å². The lowest BCUT2D eigenvalue weighted by Crippen LogP contribution is -2.23. The number of aromatic amines is 2. The first-order valence-corrected chi connectivity index (χ1v) is 2.37. The molecule has 1 heterocycles. The minimum absolute atomic E-state index is 0.707. The van der Waals surface area contributed by atoms with Gasteiger partial charge in [0.15, 0.2) is 0 Å². The molecule has 0 aliphatic carbocycles. The highest BCUT2D eigenvalue weighted by atomic mass is 19.1. The van der Waals surface area contributed by atoms with E-state index in [4.69, 9.17) is 10.5 Å². The molecular weight excluding hydrogens is 159 g/mol. The maximum absolute atomic E-state index is 12.0. The summed E-state index contributed by atoms with van der Waals surface area (Å²) in [7, 11) is 0. The normalized spacial score (nSPS) is 8.27. The first kappa shape index (κ1) is 9.53. The van der Waals surface area contributed by atoms with Gasteiger partial charge < -0.3 is 4.98 Å². The van der Waals surface area contributed by atoms with Gasteiger partial charge in [-0.25, -0.2) is 4.79 Å². The van der Waals surface area contributed by atoms with Crippen LogP contribution in [0, 0.1) is 5.82 Å². The van der Waals surface area contributed by atoms with Gasteiger partial charge in [0.1, 0.15) is 0 Å². The zero-order valence-electron chi connectivity index (χ0n) is 5.17. The lowest BCUT2D eigenvalue weighted by Gasteiger charge is -1.81. The average Bonchev–Trinajstić information content (AvgIpc) is 2.02. The summed E-state index contributed by atoms with van der Waals surface area (Å²) in [5, 5.41) is 12.0. The lowest BCUT2D eigenvalue weighted by atomic mass is 10.6. The van der Waals surface area contributed by atoms with Crippen molar-refractivity contribution in [3.63, 3.8) is 0 Å². The molecule has 11 heavy (non-hydrogen) atoms. The van der Waals surface area contributed by atoms with E-state index in [-0.39, 0.29) is 0 Å². The van der Waals surface area contributed by atoms with Gasteiger partial charge in [0.05, 0.1) is 0 Å². The zero-order chi connectivity index (χ0) is 8.85. The van der Waals surface area contributed by atoms with E-state index in [0.717, 1.165) is 0 Å². The van der Waals surface area contributed by atoms with Crippen LogP contribution in [0.2, 0.25) is 0 Å². The van der Waals surface area contributed by atoms with Gasteiger partial charge in [-0.05, 0) is 0 Å². The van der Waals surface area contributed by atoms with Crippen molar-refractivity contribution < 1.29 is 14.9 Å². The van der Waals surface area contributed by atoms with Crippen molar-refractivity contribution in [1.82, 2.24) is 9.97 Å². The Balaban J connectivity index is 0.000000461. The van der Waals surface area contributed by atoms with Gasteiger partial charge >= 0.3 is 5.69 Å². The summed E-state index contributed by atoms with van der Waals surface area (Å²) in [5.74, 6) is -0.991. The van der Waals surface area contributed by atoms with E-state index in [2.05, 4.69) is 0 Å². The van der Waals surface area contributed by atoms with Gasteiger partial charge in [0, 0.05) is 6.20 Å². The Morgan fingerprint density at radius 3 is 2.27 bits per heavy atom. The molecule has 0 radical (unpaired) electrons. The Morgan fingerprint density at radius 2 is 1.91 bits per heavy atom. The summed E-state index contributed by atoms with van der Waals surface area (Å²) >= 11 is 0. The Hall–Kier alpha value is -1.47. The van der Waals surface area contributed by atoms with E-state index in [0.29, 0.717) is 6.20 Å². The SMILES string of the molecule is O=c1[nH]cc(F)c(=O)[nH]1.OO. The fraction of sp³-hybridized carbons (Fsp3) is 0. The van der Waals surface area contributed by atoms with Crippen LogP contribution < -0.4 is 11.2 Å². The Bertz CT molecular complexity index is 316. The molecule has 62 valence electrons. The number of H-pyrrole nitrogens is 2. The molecule has 0 aromatic carbocycles. The van der Waals surface area contributed by atoms with Crippen LogP contribution >= 0.6 is 0 Å².